The molecule has 0 aromatic rings. The summed E-state index contributed by atoms with van der Waals surface area (Å²) < 4.78 is 5.41. The maximum absolute atomic E-state index is 12.0. The molecule has 0 unspecified atom stereocenters. The Balaban J connectivity index is 1.90. The minimum Gasteiger partial charge on any atom is -0.444 e. The topological polar surface area (TPSA) is 55.6 Å². The molecule has 1 saturated carbocycles. The zero-order chi connectivity index (χ0) is 12.6. The molecule has 2 aliphatic rings. The van der Waals surface area contributed by atoms with Crippen LogP contribution in [-0.4, -0.2) is 35.7 Å². The molecule has 17 heavy (non-hydrogen) atoms. The predicted molar refractivity (Wildman–Crippen MR) is 66.6 cm³/mol. The summed E-state index contributed by atoms with van der Waals surface area (Å²) >= 11 is 0. The molecule has 2 fully saturated rings. The lowest BCUT2D eigenvalue weighted by Crippen LogP contribution is -2.44. The molecule has 4 heteroatoms. The van der Waals surface area contributed by atoms with Gasteiger partial charge in [-0.3, -0.25) is 0 Å². The van der Waals surface area contributed by atoms with Gasteiger partial charge in [0.1, 0.15) is 5.60 Å². The van der Waals surface area contributed by atoms with Gasteiger partial charge in [0.25, 0.3) is 0 Å². The normalized spacial score (nSPS) is 33.4. The lowest BCUT2D eigenvalue weighted by atomic mass is 9.89. The second-order valence-electron chi connectivity index (χ2n) is 6.47. The van der Waals surface area contributed by atoms with E-state index in [1.54, 1.807) is 0 Å². The van der Waals surface area contributed by atoms with Gasteiger partial charge in [-0.25, -0.2) is 4.79 Å². The van der Waals surface area contributed by atoms with Crippen LogP contribution >= 0.6 is 0 Å². The number of amides is 1. The SMILES string of the molecule is CC(C)(C)OC(=O)N1CC[C@@H]2C[C@@H](N)C[C@@H]2C1. The van der Waals surface area contributed by atoms with Gasteiger partial charge in [0.15, 0.2) is 0 Å². The van der Waals surface area contributed by atoms with E-state index in [0.29, 0.717) is 12.0 Å². The standard InChI is InChI=1S/C13H24N2O2/c1-13(2,3)17-12(16)15-5-4-9-6-11(14)7-10(9)8-15/h9-11H,4-8,14H2,1-3H3/t9-,10-,11-/m1/s1. The van der Waals surface area contributed by atoms with E-state index in [9.17, 15) is 4.79 Å². The van der Waals surface area contributed by atoms with E-state index in [2.05, 4.69) is 0 Å². The highest BCUT2D eigenvalue weighted by Gasteiger charge is 2.38. The maximum Gasteiger partial charge on any atom is 0.410 e. The number of nitrogens with two attached hydrogens (primary N) is 1. The monoisotopic (exact) mass is 240 g/mol. The smallest absolute Gasteiger partial charge is 0.410 e. The Morgan fingerprint density at radius 2 is 1.94 bits per heavy atom. The molecular weight excluding hydrogens is 216 g/mol. The molecule has 0 aromatic carbocycles. The lowest BCUT2D eigenvalue weighted by molar-refractivity contribution is 0.0127. The van der Waals surface area contributed by atoms with E-state index < -0.39 is 5.60 Å². The molecule has 98 valence electrons. The first-order valence-corrected chi connectivity index (χ1v) is 6.58. The van der Waals surface area contributed by atoms with Gasteiger partial charge >= 0.3 is 6.09 Å². The van der Waals surface area contributed by atoms with Crippen molar-refractivity contribution >= 4 is 6.09 Å². The van der Waals surface area contributed by atoms with Crippen LogP contribution in [0.25, 0.3) is 0 Å². The molecular formula is C13H24N2O2. The second-order valence-corrected chi connectivity index (χ2v) is 6.47. The third kappa shape index (κ3) is 3.12. The van der Waals surface area contributed by atoms with Crippen molar-refractivity contribution in [2.45, 2.75) is 51.7 Å². The minimum atomic E-state index is -0.403. The van der Waals surface area contributed by atoms with Gasteiger partial charge in [0, 0.05) is 19.1 Å². The molecule has 0 radical (unpaired) electrons. The van der Waals surface area contributed by atoms with E-state index >= 15 is 0 Å². The first kappa shape index (κ1) is 12.7. The molecule has 1 aliphatic carbocycles. The fraction of sp³-hybridized carbons (Fsp3) is 0.923. The van der Waals surface area contributed by atoms with E-state index in [4.69, 9.17) is 10.5 Å². The van der Waals surface area contributed by atoms with Crippen molar-refractivity contribution in [2.75, 3.05) is 13.1 Å². The number of hydrogen-bond acceptors (Lipinski definition) is 3. The van der Waals surface area contributed by atoms with Gasteiger partial charge in [-0.1, -0.05) is 0 Å². The first-order chi connectivity index (χ1) is 7.85. The Labute approximate surface area is 103 Å². The van der Waals surface area contributed by atoms with Crippen LogP contribution in [-0.2, 0) is 4.74 Å². The number of piperidine rings is 1. The molecule has 3 atom stereocenters. The summed E-state index contributed by atoms with van der Waals surface area (Å²) in [6.45, 7) is 7.37. The van der Waals surface area contributed by atoms with Crippen LogP contribution < -0.4 is 5.73 Å². The predicted octanol–water partition coefficient (Wildman–Crippen LogP) is 1.98. The van der Waals surface area contributed by atoms with Gasteiger partial charge in [0.2, 0.25) is 0 Å². The number of carbonyl (C=O) groups is 1. The number of likely N-dealkylation sites (tertiary alicyclic amines) is 1. The Kier molecular flexibility index (Phi) is 3.34. The number of ether oxygens (including phenoxy) is 1. The average molecular weight is 240 g/mol. The second kappa shape index (κ2) is 4.48. The highest BCUT2D eigenvalue weighted by molar-refractivity contribution is 5.68. The summed E-state index contributed by atoms with van der Waals surface area (Å²) in [4.78, 5) is 13.8. The number of nitrogens with zero attached hydrogens (tertiary/aromatic N) is 1. The number of rotatable bonds is 0. The highest BCUT2D eigenvalue weighted by atomic mass is 16.6. The van der Waals surface area contributed by atoms with Crippen molar-refractivity contribution in [1.82, 2.24) is 4.90 Å². The minimum absolute atomic E-state index is 0.170. The quantitative estimate of drug-likeness (QED) is 0.704. The largest absolute Gasteiger partial charge is 0.444 e. The van der Waals surface area contributed by atoms with Gasteiger partial charge in [-0.15, -0.1) is 0 Å². The Morgan fingerprint density at radius 1 is 1.29 bits per heavy atom. The van der Waals surface area contributed by atoms with Crippen LogP contribution in [0.4, 0.5) is 4.79 Å². The summed E-state index contributed by atoms with van der Waals surface area (Å²) in [6.07, 6.45) is 3.10. The van der Waals surface area contributed by atoms with Crippen molar-refractivity contribution in [3.8, 4) is 0 Å². The first-order valence-electron chi connectivity index (χ1n) is 6.58. The fourth-order valence-electron chi connectivity index (χ4n) is 3.02. The van der Waals surface area contributed by atoms with Crippen LogP contribution in [0.1, 0.15) is 40.0 Å². The van der Waals surface area contributed by atoms with Crippen LogP contribution in [0, 0.1) is 11.8 Å². The summed E-state index contributed by atoms with van der Waals surface area (Å²) in [7, 11) is 0. The molecule has 1 aliphatic heterocycles. The molecule has 2 rings (SSSR count). The molecule has 0 aromatic heterocycles. The highest BCUT2D eigenvalue weighted by Crippen LogP contribution is 2.37. The van der Waals surface area contributed by atoms with Crippen LogP contribution in [0.5, 0.6) is 0 Å². The van der Waals surface area contributed by atoms with Crippen molar-refractivity contribution < 1.29 is 9.53 Å². The van der Waals surface area contributed by atoms with Crippen LogP contribution in [0.2, 0.25) is 0 Å². The van der Waals surface area contributed by atoms with Gasteiger partial charge < -0.3 is 15.4 Å². The van der Waals surface area contributed by atoms with Crippen molar-refractivity contribution in [3.63, 3.8) is 0 Å². The van der Waals surface area contributed by atoms with Crippen molar-refractivity contribution in [2.24, 2.45) is 17.6 Å². The molecule has 0 bridgehead atoms. The summed E-state index contributed by atoms with van der Waals surface area (Å²) in [5.74, 6) is 1.31. The van der Waals surface area contributed by atoms with Gasteiger partial charge in [-0.05, 0) is 51.9 Å². The van der Waals surface area contributed by atoms with Crippen molar-refractivity contribution in [1.29, 1.82) is 0 Å². The number of hydrogen-bond donors (Lipinski definition) is 1. The van der Waals surface area contributed by atoms with E-state index in [0.717, 1.165) is 38.3 Å². The summed E-state index contributed by atoms with van der Waals surface area (Å²) in [5, 5.41) is 0. The van der Waals surface area contributed by atoms with Crippen LogP contribution in [0.15, 0.2) is 0 Å². The zero-order valence-corrected chi connectivity index (χ0v) is 11.1. The zero-order valence-electron chi connectivity index (χ0n) is 11.1. The van der Waals surface area contributed by atoms with E-state index in [-0.39, 0.29) is 6.09 Å². The Bertz CT molecular complexity index is 298. The number of carbonyl (C=O) groups excluding carboxylic acids is 1. The van der Waals surface area contributed by atoms with Crippen molar-refractivity contribution in [3.05, 3.63) is 0 Å². The maximum atomic E-state index is 12.0. The Hall–Kier alpha value is -0.770. The van der Waals surface area contributed by atoms with Crippen LogP contribution in [0.3, 0.4) is 0 Å². The summed E-state index contributed by atoms with van der Waals surface area (Å²) in [6, 6.07) is 0.337. The van der Waals surface area contributed by atoms with Gasteiger partial charge in [0.05, 0.1) is 0 Å². The molecule has 4 nitrogen and oxygen atoms in total. The summed E-state index contributed by atoms with van der Waals surface area (Å²) in [5.41, 5.74) is 5.58. The molecule has 1 amide bonds. The molecule has 0 spiro atoms. The lowest BCUT2D eigenvalue weighted by Gasteiger charge is -2.35. The third-order valence-electron chi connectivity index (χ3n) is 3.75. The average Bonchev–Trinajstić information content (AvgIpc) is 2.53. The van der Waals surface area contributed by atoms with Gasteiger partial charge in [-0.2, -0.15) is 0 Å². The molecule has 1 saturated heterocycles. The number of fused-ring (bicyclic) bond motifs is 1. The van der Waals surface area contributed by atoms with E-state index in [1.807, 2.05) is 25.7 Å². The fourth-order valence-corrected chi connectivity index (χ4v) is 3.02. The molecule has 1 heterocycles. The Morgan fingerprint density at radius 3 is 2.59 bits per heavy atom. The van der Waals surface area contributed by atoms with E-state index in [1.165, 1.54) is 0 Å². The molecule has 2 N–H and O–H groups in total. The third-order valence-corrected chi connectivity index (χ3v) is 3.75.